The molecule has 4 rings (SSSR count). The molecule has 0 unspecified atom stereocenters. The van der Waals surface area contributed by atoms with Gasteiger partial charge < -0.3 is 25.6 Å². The molecule has 3 amide bonds. The normalized spacial score (nSPS) is 17.6. The Balaban J connectivity index is 1.37. The summed E-state index contributed by atoms with van der Waals surface area (Å²) < 4.78 is 5.44. The van der Waals surface area contributed by atoms with Crippen LogP contribution < -0.4 is 20.9 Å². The largest absolute Gasteiger partial charge is 0.378 e. The molecule has 2 heterocycles. The van der Waals surface area contributed by atoms with Crippen LogP contribution in [0.15, 0.2) is 48.7 Å². The zero-order chi connectivity index (χ0) is 22.2. The molecule has 1 saturated carbocycles. The Bertz CT molecular complexity index is 909. The van der Waals surface area contributed by atoms with Crippen molar-refractivity contribution in [1.29, 1.82) is 0 Å². The summed E-state index contributed by atoms with van der Waals surface area (Å²) in [5.41, 5.74) is 1.10. The molecule has 170 valence electrons. The number of hydrogen-bond donors (Lipinski definition) is 3. The lowest BCUT2D eigenvalue weighted by Gasteiger charge is -2.31. The van der Waals surface area contributed by atoms with E-state index in [1.807, 2.05) is 42.5 Å². The molecule has 1 saturated heterocycles. The number of ether oxygens (including phenoxy) is 1. The highest BCUT2D eigenvalue weighted by molar-refractivity contribution is 5.91. The predicted octanol–water partition coefficient (Wildman–Crippen LogP) is 2.35. The molecule has 0 radical (unpaired) electrons. The molecule has 2 fully saturated rings. The Morgan fingerprint density at radius 3 is 2.47 bits per heavy atom. The van der Waals surface area contributed by atoms with Crippen molar-refractivity contribution in [3.8, 4) is 0 Å². The Kier molecular flexibility index (Phi) is 7.21. The first-order valence-electron chi connectivity index (χ1n) is 11.3. The molecule has 32 heavy (non-hydrogen) atoms. The SMILES string of the molecule is O=C(NCc1ccccc1)NC1(C(=O)NCc2cccnc2N2CCOCC2)CCCC1. The topological polar surface area (TPSA) is 95.6 Å². The third-order valence-corrected chi connectivity index (χ3v) is 6.16. The molecule has 1 aromatic heterocycles. The summed E-state index contributed by atoms with van der Waals surface area (Å²) in [6.07, 6.45) is 4.88. The summed E-state index contributed by atoms with van der Waals surface area (Å²) in [6, 6.07) is 13.3. The molecular formula is C24H31N5O3. The molecule has 1 aliphatic carbocycles. The number of nitrogens with one attached hydrogen (secondary N) is 3. The molecule has 1 aromatic carbocycles. The van der Waals surface area contributed by atoms with Crippen molar-refractivity contribution in [3.05, 3.63) is 59.8 Å². The van der Waals surface area contributed by atoms with Gasteiger partial charge in [-0.05, 0) is 24.5 Å². The summed E-state index contributed by atoms with van der Waals surface area (Å²) in [4.78, 5) is 32.5. The van der Waals surface area contributed by atoms with Crippen LogP contribution in [0.4, 0.5) is 10.6 Å². The first-order valence-corrected chi connectivity index (χ1v) is 11.3. The van der Waals surface area contributed by atoms with Crippen molar-refractivity contribution in [2.45, 2.75) is 44.3 Å². The van der Waals surface area contributed by atoms with Gasteiger partial charge in [-0.3, -0.25) is 4.79 Å². The van der Waals surface area contributed by atoms with E-state index in [4.69, 9.17) is 4.74 Å². The van der Waals surface area contributed by atoms with E-state index in [1.165, 1.54) is 0 Å². The number of carbonyl (C=O) groups is 2. The Morgan fingerprint density at radius 2 is 1.72 bits per heavy atom. The van der Waals surface area contributed by atoms with E-state index < -0.39 is 5.54 Å². The summed E-state index contributed by atoms with van der Waals surface area (Å²) >= 11 is 0. The number of benzene rings is 1. The van der Waals surface area contributed by atoms with Gasteiger partial charge in [0.2, 0.25) is 5.91 Å². The standard InChI is InChI=1S/C24H31N5O3/c30-22(26-18-20-9-6-12-25-21(20)29-13-15-32-16-14-29)24(10-4-5-11-24)28-23(31)27-17-19-7-2-1-3-8-19/h1-3,6-9,12H,4-5,10-11,13-18H2,(H,26,30)(H2,27,28,31). The van der Waals surface area contributed by atoms with Crippen molar-refractivity contribution in [3.63, 3.8) is 0 Å². The number of rotatable bonds is 7. The molecule has 0 bridgehead atoms. The minimum Gasteiger partial charge on any atom is -0.378 e. The number of aromatic nitrogens is 1. The zero-order valence-electron chi connectivity index (χ0n) is 18.3. The van der Waals surface area contributed by atoms with Gasteiger partial charge in [-0.1, -0.05) is 49.2 Å². The fraction of sp³-hybridized carbons (Fsp3) is 0.458. The number of hydrogen-bond acceptors (Lipinski definition) is 5. The van der Waals surface area contributed by atoms with Crippen molar-refractivity contribution in [1.82, 2.24) is 20.9 Å². The van der Waals surface area contributed by atoms with E-state index in [9.17, 15) is 9.59 Å². The maximum absolute atomic E-state index is 13.2. The van der Waals surface area contributed by atoms with E-state index in [2.05, 4.69) is 25.8 Å². The van der Waals surface area contributed by atoms with Crippen LogP contribution >= 0.6 is 0 Å². The minimum atomic E-state index is -0.873. The first kappa shape index (κ1) is 22.1. The van der Waals surface area contributed by atoms with Gasteiger partial charge in [0, 0.05) is 37.9 Å². The van der Waals surface area contributed by atoms with Crippen molar-refractivity contribution < 1.29 is 14.3 Å². The van der Waals surface area contributed by atoms with Gasteiger partial charge in [-0.2, -0.15) is 0 Å². The van der Waals surface area contributed by atoms with Gasteiger partial charge in [0.25, 0.3) is 0 Å². The smallest absolute Gasteiger partial charge is 0.315 e. The molecule has 0 spiro atoms. The highest BCUT2D eigenvalue weighted by Gasteiger charge is 2.42. The fourth-order valence-electron chi connectivity index (χ4n) is 4.40. The van der Waals surface area contributed by atoms with Crippen molar-refractivity contribution in [2.24, 2.45) is 0 Å². The summed E-state index contributed by atoms with van der Waals surface area (Å²) in [5, 5.41) is 8.91. The average Bonchev–Trinajstić information content (AvgIpc) is 3.32. The number of nitrogens with zero attached hydrogens (tertiary/aromatic N) is 2. The second-order valence-corrected chi connectivity index (χ2v) is 8.35. The lowest BCUT2D eigenvalue weighted by Crippen LogP contribution is -2.59. The van der Waals surface area contributed by atoms with Crippen LogP contribution in [0.3, 0.4) is 0 Å². The molecule has 3 N–H and O–H groups in total. The molecule has 8 nitrogen and oxygen atoms in total. The monoisotopic (exact) mass is 437 g/mol. The van der Waals surface area contributed by atoms with Crippen molar-refractivity contribution in [2.75, 3.05) is 31.2 Å². The summed E-state index contributed by atoms with van der Waals surface area (Å²) in [5.74, 6) is 0.742. The maximum Gasteiger partial charge on any atom is 0.315 e. The van der Waals surface area contributed by atoms with Crippen LogP contribution in [0.25, 0.3) is 0 Å². The van der Waals surface area contributed by atoms with E-state index in [1.54, 1.807) is 6.20 Å². The molecule has 1 aliphatic heterocycles. The van der Waals surface area contributed by atoms with E-state index >= 15 is 0 Å². The van der Waals surface area contributed by atoms with Crippen LogP contribution in [0, 0.1) is 0 Å². The Labute approximate surface area is 188 Å². The van der Waals surface area contributed by atoms with Gasteiger partial charge in [0.15, 0.2) is 0 Å². The van der Waals surface area contributed by atoms with Crippen LogP contribution in [-0.4, -0.2) is 48.8 Å². The molecular weight excluding hydrogens is 406 g/mol. The maximum atomic E-state index is 13.2. The van der Waals surface area contributed by atoms with Gasteiger partial charge >= 0.3 is 6.03 Å². The van der Waals surface area contributed by atoms with E-state index in [0.717, 1.165) is 42.9 Å². The molecule has 2 aliphatic rings. The van der Waals surface area contributed by atoms with Gasteiger partial charge in [0.1, 0.15) is 11.4 Å². The quantitative estimate of drug-likeness (QED) is 0.618. The summed E-state index contributed by atoms with van der Waals surface area (Å²) in [6.45, 7) is 3.70. The van der Waals surface area contributed by atoms with Gasteiger partial charge in [-0.15, -0.1) is 0 Å². The summed E-state index contributed by atoms with van der Waals surface area (Å²) in [7, 11) is 0. The third kappa shape index (κ3) is 5.37. The first-order chi connectivity index (χ1) is 15.7. The second-order valence-electron chi connectivity index (χ2n) is 8.35. The van der Waals surface area contributed by atoms with Gasteiger partial charge in [-0.25, -0.2) is 9.78 Å². The van der Waals surface area contributed by atoms with Crippen LogP contribution in [0.5, 0.6) is 0 Å². The minimum absolute atomic E-state index is 0.137. The lowest BCUT2D eigenvalue weighted by atomic mass is 9.96. The predicted molar refractivity (Wildman–Crippen MR) is 122 cm³/mol. The number of anilines is 1. The number of carbonyl (C=O) groups excluding carboxylic acids is 2. The molecule has 8 heteroatoms. The van der Waals surface area contributed by atoms with E-state index in [-0.39, 0.29) is 11.9 Å². The average molecular weight is 438 g/mol. The fourth-order valence-corrected chi connectivity index (χ4v) is 4.40. The Hall–Kier alpha value is -3.13. The van der Waals surface area contributed by atoms with Crippen LogP contribution in [0.1, 0.15) is 36.8 Å². The van der Waals surface area contributed by atoms with Crippen LogP contribution in [-0.2, 0) is 22.6 Å². The van der Waals surface area contributed by atoms with Crippen molar-refractivity contribution >= 4 is 17.8 Å². The van der Waals surface area contributed by atoms with Gasteiger partial charge in [0.05, 0.1) is 13.2 Å². The number of pyridine rings is 1. The molecule has 2 aromatic rings. The number of urea groups is 1. The lowest BCUT2D eigenvalue weighted by molar-refractivity contribution is -0.127. The molecule has 0 atom stereocenters. The number of amides is 3. The highest BCUT2D eigenvalue weighted by Crippen LogP contribution is 2.30. The Morgan fingerprint density at radius 1 is 0.969 bits per heavy atom. The second kappa shape index (κ2) is 10.5. The van der Waals surface area contributed by atoms with Crippen LogP contribution in [0.2, 0.25) is 0 Å². The third-order valence-electron chi connectivity index (χ3n) is 6.16. The highest BCUT2D eigenvalue weighted by atomic mass is 16.5. The number of morpholine rings is 1. The zero-order valence-corrected chi connectivity index (χ0v) is 18.3. The van der Waals surface area contributed by atoms with E-state index in [0.29, 0.717) is 39.1 Å².